The van der Waals surface area contributed by atoms with Gasteiger partial charge in [-0.1, -0.05) is 0 Å². The van der Waals surface area contributed by atoms with E-state index < -0.39 is 0 Å². The normalized spacial score (nSPS) is 21.3. The predicted octanol–water partition coefficient (Wildman–Crippen LogP) is 3.84. The Morgan fingerprint density at radius 3 is 2.74 bits per heavy atom. The number of pyridine rings is 1. The SMILES string of the molecule is COc1ccc2cc(-c3nc4cc(C(=O)N5CCC6CCNC6C5)cc(OC)c4n3C)n(CC3CC3)c2n1. The number of piperidine rings is 1. The van der Waals surface area contributed by atoms with Gasteiger partial charge in [-0.3, -0.25) is 4.79 Å². The zero-order valence-corrected chi connectivity index (χ0v) is 22.2. The number of carbonyl (C=O) groups excluding carboxylic acids is 1. The number of hydrogen-bond acceptors (Lipinski definition) is 6. The number of carbonyl (C=O) groups is 1. The molecular formula is C29H34N6O3. The molecule has 9 nitrogen and oxygen atoms in total. The van der Waals surface area contributed by atoms with Gasteiger partial charge < -0.3 is 28.8 Å². The smallest absolute Gasteiger partial charge is 0.254 e. The second kappa shape index (κ2) is 9.01. The molecule has 4 aromatic rings. The van der Waals surface area contributed by atoms with Gasteiger partial charge in [0.15, 0.2) is 5.82 Å². The Labute approximate surface area is 221 Å². The zero-order chi connectivity index (χ0) is 26.0. The molecule has 3 aromatic heterocycles. The molecule has 198 valence electrons. The minimum absolute atomic E-state index is 0.0451. The Balaban J connectivity index is 1.31. The Bertz CT molecular complexity index is 1550. The van der Waals surface area contributed by atoms with Crippen molar-refractivity contribution in [3.05, 3.63) is 35.9 Å². The first-order valence-electron chi connectivity index (χ1n) is 13.7. The molecule has 1 amide bonds. The number of nitrogens with one attached hydrogen (secondary N) is 1. The fraction of sp³-hybridized carbons (Fsp3) is 0.483. The lowest BCUT2D eigenvalue weighted by Gasteiger charge is -2.35. The molecule has 9 heteroatoms. The Morgan fingerprint density at radius 2 is 1.95 bits per heavy atom. The molecule has 7 rings (SSSR count). The Hall–Kier alpha value is -3.59. The number of methoxy groups -OCH3 is 2. The summed E-state index contributed by atoms with van der Waals surface area (Å²) in [5, 5.41) is 4.62. The average Bonchev–Trinajstić information content (AvgIpc) is 3.37. The number of amides is 1. The van der Waals surface area contributed by atoms with Crippen LogP contribution in [0.3, 0.4) is 0 Å². The van der Waals surface area contributed by atoms with E-state index >= 15 is 0 Å². The van der Waals surface area contributed by atoms with E-state index in [1.54, 1.807) is 14.2 Å². The largest absolute Gasteiger partial charge is 0.494 e. The van der Waals surface area contributed by atoms with Crippen LogP contribution in [-0.2, 0) is 13.6 Å². The second-order valence-corrected chi connectivity index (χ2v) is 11.0. The number of likely N-dealkylation sites (tertiary alicyclic amines) is 1. The molecule has 38 heavy (non-hydrogen) atoms. The van der Waals surface area contributed by atoms with Gasteiger partial charge in [0.1, 0.15) is 16.9 Å². The number of benzene rings is 1. The maximum absolute atomic E-state index is 13.6. The standard InChI is InChI=1S/C29H34N6O3/c1-33-26-21(12-20(14-24(26)37-2)29(36)34-11-9-18-8-10-30-22(18)16-34)31-28(33)23-13-19-6-7-25(38-3)32-27(19)35(23)15-17-4-5-17/h6-7,12-14,17-18,22,30H,4-5,8-11,15-16H2,1-3H3. The monoisotopic (exact) mass is 514 g/mol. The first-order chi connectivity index (χ1) is 18.5. The van der Waals surface area contributed by atoms with E-state index in [4.69, 9.17) is 19.4 Å². The van der Waals surface area contributed by atoms with Crippen LogP contribution in [0.4, 0.5) is 0 Å². The number of ether oxygens (including phenoxy) is 2. The van der Waals surface area contributed by atoms with Crippen LogP contribution in [0.15, 0.2) is 30.3 Å². The molecule has 0 radical (unpaired) electrons. The third-order valence-corrected chi connectivity index (χ3v) is 8.66. The van der Waals surface area contributed by atoms with Gasteiger partial charge in [0.05, 0.1) is 25.4 Å². The van der Waals surface area contributed by atoms with Gasteiger partial charge in [0.25, 0.3) is 5.91 Å². The van der Waals surface area contributed by atoms with Crippen molar-refractivity contribution in [3.63, 3.8) is 0 Å². The lowest BCUT2D eigenvalue weighted by molar-refractivity contribution is 0.0669. The quantitative estimate of drug-likeness (QED) is 0.421. The molecule has 3 fully saturated rings. The molecule has 1 saturated carbocycles. The van der Waals surface area contributed by atoms with Crippen molar-refractivity contribution in [3.8, 4) is 23.1 Å². The molecule has 1 aliphatic carbocycles. The average molecular weight is 515 g/mol. The van der Waals surface area contributed by atoms with Gasteiger partial charge in [-0.25, -0.2) is 4.98 Å². The maximum Gasteiger partial charge on any atom is 0.254 e. The van der Waals surface area contributed by atoms with Gasteiger partial charge in [-0.15, -0.1) is 0 Å². The summed E-state index contributed by atoms with van der Waals surface area (Å²) in [5.74, 6) is 3.48. The van der Waals surface area contributed by atoms with Crippen LogP contribution < -0.4 is 14.8 Å². The van der Waals surface area contributed by atoms with Crippen LogP contribution in [0.2, 0.25) is 0 Å². The minimum Gasteiger partial charge on any atom is -0.494 e. The zero-order valence-electron chi connectivity index (χ0n) is 22.2. The summed E-state index contributed by atoms with van der Waals surface area (Å²) in [6.45, 7) is 3.50. The molecule has 2 unspecified atom stereocenters. The highest BCUT2D eigenvalue weighted by Crippen LogP contribution is 2.38. The molecule has 2 saturated heterocycles. The van der Waals surface area contributed by atoms with E-state index in [0.717, 1.165) is 66.2 Å². The summed E-state index contributed by atoms with van der Waals surface area (Å²) in [7, 11) is 5.31. The van der Waals surface area contributed by atoms with Crippen molar-refractivity contribution in [1.29, 1.82) is 0 Å². The van der Waals surface area contributed by atoms with Crippen molar-refractivity contribution in [2.45, 2.75) is 38.3 Å². The fourth-order valence-corrected chi connectivity index (χ4v) is 6.37. The fourth-order valence-electron chi connectivity index (χ4n) is 6.37. The van der Waals surface area contributed by atoms with Crippen LogP contribution in [0.5, 0.6) is 11.6 Å². The summed E-state index contributed by atoms with van der Waals surface area (Å²) in [4.78, 5) is 25.4. The highest BCUT2D eigenvalue weighted by atomic mass is 16.5. The van der Waals surface area contributed by atoms with Crippen LogP contribution in [0, 0.1) is 11.8 Å². The molecule has 1 aromatic carbocycles. The number of aromatic nitrogens is 4. The van der Waals surface area contributed by atoms with Gasteiger partial charge in [0, 0.05) is 49.7 Å². The number of fused-ring (bicyclic) bond motifs is 3. The van der Waals surface area contributed by atoms with Gasteiger partial charge in [-0.2, -0.15) is 4.98 Å². The van der Waals surface area contributed by atoms with Crippen molar-refractivity contribution in [2.75, 3.05) is 33.9 Å². The van der Waals surface area contributed by atoms with Crippen molar-refractivity contribution < 1.29 is 14.3 Å². The van der Waals surface area contributed by atoms with Crippen LogP contribution in [-0.4, -0.2) is 69.8 Å². The summed E-state index contributed by atoms with van der Waals surface area (Å²) in [6, 6.07) is 10.3. The first-order valence-corrected chi connectivity index (χ1v) is 13.7. The van der Waals surface area contributed by atoms with Gasteiger partial charge in [-0.05, 0) is 68.3 Å². The molecule has 2 atom stereocenters. The topological polar surface area (TPSA) is 86.4 Å². The molecule has 0 bridgehead atoms. The second-order valence-electron chi connectivity index (χ2n) is 11.0. The number of imidazole rings is 1. The van der Waals surface area contributed by atoms with Gasteiger partial charge in [0.2, 0.25) is 5.88 Å². The van der Waals surface area contributed by atoms with E-state index in [2.05, 4.69) is 26.6 Å². The van der Waals surface area contributed by atoms with E-state index in [1.807, 2.05) is 30.1 Å². The summed E-state index contributed by atoms with van der Waals surface area (Å²) in [5.41, 5.74) is 4.18. The number of nitrogens with zero attached hydrogens (tertiary/aromatic N) is 5. The number of aryl methyl sites for hydroxylation is 1. The summed E-state index contributed by atoms with van der Waals surface area (Å²) >= 11 is 0. The lowest BCUT2D eigenvalue weighted by Crippen LogP contribution is -2.48. The molecule has 2 aliphatic heterocycles. The molecule has 0 spiro atoms. The van der Waals surface area contributed by atoms with Gasteiger partial charge >= 0.3 is 0 Å². The molecule has 3 aliphatic rings. The van der Waals surface area contributed by atoms with Crippen molar-refractivity contribution in [2.24, 2.45) is 18.9 Å². The lowest BCUT2D eigenvalue weighted by atomic mass is 9.92. The van der Waals surface area contributed by atoms with Crippen molar-refractivity contribution >= 4 is 28.0 Å². The van der Waals surface area contributed by atoms with E-state index in [9.17, 15) is 4.79 Å². The maximum atomic E-state index is 13.6. The summed E-state index contributed by atoms with van der Waals surface area (Å²) < 4.78 is 15.6. The molecule has 1 N–H and O–H groups in total. The third-order valence-electron chi connectivity index (χ3n) is 8.66. The first kappa shape index (κ1) is 23.5. The van der Waals surface area contributed by atoms with E-state index in [0.29, 0.717) is 35.1 Å². The van der Waals surface area contributed by atoms with Crippen molar-refractivity contribution in [1.82, 2.24) is 29.3 Å². The van der Waals surface area contributed by atoms with E-state index in [1.165, 1.54) is 19.3 Å². The van der Waals surface area contributed by atoms with Crippen LogP contribution >= 0.6 is 0 Å². The molecule has 5 heterocycles. The Kier molecular flexibility index (Phi) is 5.58. The Morgan fingerprint density at radius 1 is 1.08 bits per heavy atom. The number of rotatable bonds is 6. The number of hydrogen-bond donors (Lipinski definition) is 1. The molecular weight excluding hydrogens is 480 g/mol. The minimum atomic E-state index is 0.0451. The third kappa shape index (κ3) is 3.83. The predicted molar refractivity (Wildman–Crippen MR) is 146 cm³/mol. The summed E-state index contributed by atoms with van der Waals surface area (Å²) in [6.07, 6.45) is 4.74. The highest BCUT2D eigenvalue weighted by Gasteiger charge is 2.35. The highest BCUT2D eigenvalue weighted by molar-refractivity contribution is 6.00. The van der Waals surface area contributed by atoms with E-state index in [-0.39, 0.29) is 5.91 Å². The van der Waals surface area contributed by atoms with Crippen LogP contribution in [0.25, 0.3) is 33.6 Å². The van der Waals surface area contributed by atoms with Crippen LogP contribution in [0.1, 0.15) is 36.0 Å².